The minimum absolute atomic E-state index is 0. The molecule has 0 bridgehead atoms. The molecule has 0 spiro atoms. The molecule has 0 amide bonds. The third-order valence-electron chi connectivity index (χ3n) is 0.540. The summed E-state index contributed by atoms with van der Waals surface area (Å²) in [7, 11) is 0. The predicted molar refractivity (Wildman–Crippen MR) is 30.9 cm³/mol. The molecule has 9 heavy (non-hydrogen) atoms. The van der Waals surface area contributed by atoms with Crippen molar-refractivity contribution in [3.8, 4) is 0 Å². The van der Waals surface area contributed by atoms with Crippen LogP contribution in [0.15, 0.2) is 6.07 Å². The first-order valence-electron chi connectivity index (χ1n) is 1.85. The summed E-state index contributed by atoms with van der Waals surface area (Å²) in [5, 5.41) is 0.433. The van der Waals surface area contributed by atoms with Gasteiger partial charge in [-0.15, -0.1) is 29.3 Å². The second-order valence-electron chi connectivity index (χ2n) is 1.09. The molecule has 2 nitrogen and oxygen atoms in total. The van der Waals surface area contributed by atoms with Crippen molar-refractivity contribution >= 4 is 23.2 Å². The van der Waals surface area contributed by atoms with Gasteiger partial charge in [0, 0.05) is 5.15 Å². The first-order chi connectivity index (χ1) is 3.79. The molecular formula is C4HCl2N2V+. The summed E-state index contributed by atoms with van der Waals surface area (Å²) in [6, 6.07) is 1.44. The molecule has 0 fully saturated rings. The number of hydrogen-bond acceptors (Lipinski definition) is 2. The molecule has 0 aliphatic heterocycles. The van der Waals surface area contributed by atoms with Gasteiger partial charge in [0.15, 0.2) is 0 Å². The topological polar surface area (TPSA) is 25.8 Å². The quantitative estimate of drug-likeness (QED) is 0.360. The summed E-state index contributed by atoms with van der Waals surface area (Å²) in [6.07, 6.45) is 2.45. The molecule has 1 aromatic heterocycles. The Morgan fingerprint density at radius 3 is 2.44 bits per heavy atom. The summed E-state index contributed by atoms with van der Waals surface area (Å²) in [6.45, 7) is 0. The summed E-state index contributed by atoms with van der Waals surface area (Å²) >= 11 is 10.7. The van der Waals surface area contributed by atoms with Crippen LogP contribution < -0.4 is 0 Å². The zero-order chi connectivity index (χ0) is 5.98. The first kappa shape index (κ1) is 9.24. The fraction of sp³-hybridized carbons (Fsp3) is 0. The van der Waals surface area contributed by atoms with Crippen molar-refractivity contribution in [2.45, 2.75) is 0 Å². The molecule has 45 valence electrons. The van der Waals surface area contributed by atoms with Crippen molar-refractivity contribution in [3.63, 3.8) is 0 Å². The maximum absolute atomic E-state index is 5.38. The molecular weight excluding hydrogens is 198 g/mol. The van der Waals surface area contributed by atoms with Crippen LogP contribution >= 0.6 is 23.2 Å². The van der Waals surface area contributed by atoms with E-state index in [2.05, 4.69) is 16.2 Å². The van der Waals surface area contributed by atoms with Gasteiger partial charge in [0.2, 0.25) is 0 Å². The Kier molecular flexibility index (Phi) is 4.23. The van der Waals surface area contributed by atoms with Crippen LogP contribution in [0.3, 0.4) is 0 Å². The van der Waals surface area contributed by atoms with E-state index < -0.39 is 0 Å². The molecule has 0 unspecified atom stereocenters. The van der Waals surface area contributed by atoms with Gasteiger partial charge in [-0.1, -0.05) is 6.20 Å². The number of rotatable bonds is 0. The third kappa shape index (κ3) is 3.06. The molecule has 1 radical (unpaired) electrons. The maximum Gasteiger partial charge on any atom is 2.00 e. The summed E-state index contributed by atoms with van der Waals surface area (Å²) in [4.78, 5) is 7.05. The van der Waals surface area contributed by atoms with Crippen molar-refractivity contribution < 1.29 is 18.6 Å². The molecule has 0 N–H and O–H groups in total. The van der Waals surface area contributed by atoms with Crippen molar-refractivity contribution in [3.05, 3.63) is 22.7 Å². The van der Waals surface area contributed by atoms with Crippen LogP contribution in [0.1, 0.15) is 0 Å². The van der Waals surface area contributed by atoms with Crippen LogP contribution in [0.5, 0.6) is 0 Å². The molecule has 0 aliphatic rings. The predicted octanol–water partition coefficient (Wildman–Crippen LogP) is 1.58. The smallest absolute Gasteiger partial charge is 0.359 e. The molecule has 5 heteroatoms. The van der Waals surface area contributed by atoms with Crippen LogP contribution in [-0.2, 0) is 18.6 Å². The van der Waals surface area contributed by atoms with E-state index in [4.69, 9.17) is 23.2 Å². The minimum atomic E-state index is 0. The Labute approximate surface area is 74.5 Å². The maximum atomic E-state index is 5.38. The molecule has 0 saturated heterocycles. The zero-order valence-electron chi connectivity index (χ0n) is 4.17. The van der Waals surface area contributed by atoms with Crippen molar-refractivity contribution in [1.82, 2.24) is 9.97 Å². The second kappa shape index (κ2) is 4.12. The molecule has 0 atom stereocenters. The van der Waals surface area contributed by atoms with Gasteiger partial charge in [-0.3, -0.25) is 0 Å². The van der Waals surface area contributed by atoms with E-state index in [1.54, 1.807) is 0 Å². The van der Waals surface area contributed by atoms with E-state index in [-0.39, 0.29) is 23.8 Å². The summed E-state index contributed by atoms with van der Waals surface area (Å²) in [5.74, 6) is 0. The Morgan fingerprint density at radius 2 is 2.11 bits per heavy atom. The number of nitrogens with zero attached hydrogens (tertiary/aromatic N) is 2. The Balaban J connectivity index is 0.000000640. The molecule has 0 saturated carbocycles. The first-order valence-corrected chi connectivity index (χ1v) is 2.61. The molecule has 0 aromatic carbocycles. The number of aromatic nitrogens is 2. The molecule has 1 aromatic rings. The Hall–Kier alpha value is 0.244. The van der Waals surface area contributed by atoms with E-state index in [9.17, 15) is 0 Å². The van der Waals surface area contributed by atoms with Gasteiger partial charge >= 0.3 is 18.6 Å². The van der Waals surface area contributed by atoms with Gasteiger partial charge in [-0.25, -0.2) is 0 Å². The van der Waals surface area contributed by atoms with Crippen LogP contribution in [0.4, 0.5) is 0 Å². The Bertz CT molecular complexity index is 176. The van der Waals surface area contributed by atoms with E-state index in [1.165, 1.54) is 6.07 Å². The van der Waals surface area contributed by atoms with Gasteiger partial charge in [-0.05, 0) is 0 Å². The standard InChI is InChI=1S/C4HCl2N2.V/c5-3-1-2-7-4(6)8-3;/h1H;/q-1;+2. The van der Waals surface area contributed by atoms with Gasteiger partial charge in [0.1, 0.15) is 5.28 Å². The molecule has 0 aliphatic carbocycles. The van der Waals surface area contributed by atoms with Crippen LogP contribution in [-0.4, -0.2) is 9.97 Å². The average Bonchev–Trinajstić information content (AvgIpc) is 1.64. The number of halogens is 2. The van der Waals surface area contributed by atoms with E-state index in [1.807, 2.05) is 0 Å². The summed E-state index contributed by atoms with van der Waals surface area (Å²) in [5.41, 5.74) is 0. The van der Waals surface area contributed by atoms with E-state index in [0.717, 1.165) is 0 Å². The van der Waals surface area contributed by atoms with Gasteiger partial charge in [-0.2, -0.15) is 0 Å². The fourth-order valence-electron chi connectivity index (χ4n) is 0.284. The van der Waals surface area contributed by atoms with Crippen LogP contribution in [0, 0.1) is 6.20 Å². The normalized spacial score (nSPS) is 8.22. The average molecular weight is 199 g/mol. The largest absolute Gasteiger partial charge is 2.00 e. The van der Waals surface area contributed by atoms with Crippen molar-refractivity contribution in [2.75, 3.05) is 0 Å². The second-order valence-corrected chi connectivity index (χ2v) is 1.81. The fourth-order valence-corrected chi connectivity index (χ4v) is 0.596. The molecule has 1 heterocycles. The SMILES string of the molecule is Clc1c[c-]nc(Cl)n1.[V+2]. The van der Waals surface area contributed by atoms with Crippen LogP contribution in [0.25, 0.3) is 0 Å². The van der Waals surface area contributed by atoms with E-state index in [0.29, 0.717) is 5.15 Å². The van der Waals surface area contributed by atoms with Crippen LogP contribution in [0.2, 0.25) is 10.4 Å². The Morgan fingerprint density at radius 1 is 1.44 bits per heavy atom. The van der Waals surface area contributed by atoms with Gasteiger partial charge < -0.3 is 9.97 Å². The summed E-state index contributed by atoms with van der Waals surface area (Å²) < 4.78 is 0. The van der Waals surface area contributed by atoms with Gasteiger partial charge in [0.05, 0.1) is 0 Å². The third-order valence-corrected chi connectivity index (χ3v) is 0.902. The zero-order valence-corrected chi connectivity index (χ0v) is 7.08. The number of hydrogen-bond donors (Lipinski definition) is 0. The van der Waals surface area contributed by atoms with E-state index >= 15 is 0 Å². The van der Waals surface area contributed by atoms with Crippen molar-refractivity contribution in [1.29, 1.82) is 0 Å². The van der Waals surface area contributed by atoms with Gasteiger partial charge in [0.25, 0.3) is 0 Å². The van der Waals surface area contributed by atoms with Crippen molar-refractivity contribution in [2.24, 2.45) is 0 Å². The molecule has 1 rings (SSSR count). The monoisotopic (exact) mass is 198 g/mol. The minimum Gasteiger partial charge on any atom is -0.359 e.